The maximum atomic E-state index is 13.8. The van der Waals surface area contributed by atoms with Gasteiger partial charge in [-0.3, -0.25) is 0 Å². The Bertz CT molecular complexity index is 623. The zero-order valence-electron chi connectivity index (χ0n) is 11.0. The monoisotopic (exact) mass is 301 g/mol. The van der Waals surface area contributed by atoms with Crippen LogP contribution in [0.3, 0.4) is 0 Å². The number of aromatic carboxylic acids is 1. The number of sulfonamides is 1. The van der Waals surface area contributed by atoms with Gasteiger partial charge in [0.05, 0.1) is 5.56 Å². The first-order chi connectivity index (χ1) is 9.34. The fourth-order valence-electron chi connectivity index (χ4n) is 2.45. The second-order valence-corrected chi connectivity index (χ2v) is 6.88. The molecule has 0 unspecified atom stereocenters. The fourth-order valence-corrected chi connectivity index (χ4v) is 3.96. The maximum Gasteiger partial charge on any atom is 0.335 e. The summed E-state index contributed by atoms with van der Waals surface area (Å²) in [4.78, 5) is 10.3. The van der Waals surface area contributed by atoms with Crippen LogP contribution in [0.1, 0.15) is 36.0 Å². The Morgan fingerprint density at radius 1 is 1.35 bits per heavy atom. The molecule has 110 valence electrons. The minimum Gasteiger partial charge on any atom is -0.478 e. The van der Waals surface area contributed by atoms with Crippen molar-refractivity contribution in [1.29, 1.82) is 0 Å². The van der Waals surface area contributed by atoms with Crippen LogP contribution in [-0.4, -0.2) is 36.9 Å². The second-order valence-electron chi connectivity index (χ2n) is 4.91. The molecule has 0 amide bonds. The third-order valence-electron chi connectivity index (χ3n) is 3.67. The van der Waals surface area contributed by atoms with Gasteiger partial charge in [0.25, 0.3) is 0 Å². The van der Waals surface area contributed by atoms with Gasteiger partial charge < -0.3 is 5.11 Å². The van der Waals surface area contributed by atoms with Crippen LogP contribution in [0.15, 0.2) is 23.1 Å². The molecule has 20 heavy (non-hydrogen) atoms. The number of hydrogen-bond donors (Lipinski definition) is 1. The topological polar surface area (TPSA) is 74.7 Å². The van der Waals surface area contributed by atoms with Gasteiger partial charge in [-0.1, -0.05) is 12.8 Å². The van der Waals surface area contributed by atoms with Gasteiger partial charge in [0, 0.05) is 13.1 Å². The predicted molar refractivity (Wildman–Crippen MR) is 70.6 cm³/mol. The molecule has 7 heteroatoms. The number of nitrogens with zero attached hydrogens (tertiary/aromatic N) is 1. The first-order valence-electron chi connectivity index (χ1n) is 6.35. The smallest absolute Gasteiger partial charge is 0.335 e. The van der Waals surface area contributed by atoms with E-state index < -0.39 is 26.7 Å². The minimum absolute atomic E-state index is 0.145. The Kier molecular flexibility index (Phi) is 4.10. The third kappa shape index (κ3) is 2.69. The quantitative estimate of drug-likeness (QED) is 0.924. The van der Waals surface area contributed by atoms with Crippen molar-refractivity contribution >= 4 is 16.0 Å². The van der Waals surface area contributed by atoms with E-state index in [1.807, 2.05) is 0 Å². The number of rotatable bonds is 4. The van der Waals surface area contributed by atoms with E-state index >= 15 is 0 Å². The van der Waals surface area contributed by atoms with Crippen LogP contribution in [0.2, 0.25) is 0 Å². The van der Waals surface area contributed by atoms with Gasteiger partial charge in [-0.15, -0.1) is 0 Å². The van der Waals surface area contributed by atoms with E-state index in [0.717, 1.165) is 48.2 Å². The van der Waals surface area contributed by atoms with Crippen LogP contribution in [0.5, 0.6) is 0 Å². The average Bonchev–Trinajstić information content (AvgIpc) is 2.91. The highest BCUT2D eigenvalue weighted by Gasteiger charge is 2.32. The SMILES string of the molecule is CN(C1CCCC1)S(=O)(=O)c1cc(C(=O)O)ccc1F. The summed E-state index contributed by atoms with van der Waals surface area (Å²) in [5.74, 6) is -2.22. The first kappa shape index (κ1) is 14.9. The molecule has 1 aromatic carbocycles. The number of halogens is 1. The van der Waals surface area contributed by atoms with Crippen molar-refractivity contribution in [3.63, 3.8) is 0 Å². The Hall–Kier alpha value is -1.47. The molecule has 0 heterocycles. The van der Waals surface area contributed by atoms with Gasteiger partial charge >= 0.3 is 5.97 Å². The molecule has 1 saturated carbocycles. The lowest BCUT2D eigenvalue weighted by atomic mass is 10.2. The maximum absolute atomic E-state index is 13.8. The highest BCUT2D eigenvalue weighted by molar-refractivity contribution is 7.89. The third-order valence-corrected chi connectivity index (χ3v) is 5.60. The van der Waals surface area contributed by atoms with Crippen LogP contribution in [0.25, 0.3) is 0 Å². The summed E-state index contributed by atoms with van der Waals surface area (Å²) in [6, 6.07) is 2.65. The molecule has 1 aliphatic rings. The highest BCUT2D eigenvalue weighted by Crippen LogP contribution is 2.28. The van der Waals surface area contributed by atoms with Crippen LogP contribution in [0.4, 0.5) is 4.39 Å². The summed E-state index contributed by atoms with van der Waals surface area (Å²) in [6.07, 6.45) is 3.39. The Labute approximate surface area is 117 Å². The summed E-state index contributed by atoms with van der Waals surface area (Å²) < 4.78 is 39.7. The normalized spacial score (nSPS) is 16.8. The molecule has 0 spiro atoms. The number of carboxylic acids is 1. The zero-order valence-corrected chi connectivity index (χ0v) is 11.9. The van der Waals surface area contributed by atoms with Gasteiger partial charge in [0.15, 0.2) is 0 Å². The summed E-state index contributed by atoms with van der Waals surface area (Å²) in [5, 5.41) is 8.89. The molecule has 0 aromatic heterocycles. The number of benzene rings is 1. The van der Waals surface area contributed by atoms with Crippen LogP contribution >= 0.6 is 0 Å². The average molecular weight is 301 g/mol. The lowest BCUT2D eigenvalue weighted by Gasteiger charge is -2.23. The van der Waals surface area contributed by atoms with Crippen molar-refractivity contribution in [2.45, 2.75) is 36.6 Å². The second kappa shape index (κ2) is 5.49. The molecular formula is C13H16FNO4S. The van der Waals surface area contributed by atoms with Gasteiger partial charge in [0.1, 0.15) is 10.7 Å². The van der Waals surface area contributed by atoms with Crippen molar-refractivity contribution in [2.75, 3.05) is 7.05 Å². The standard InChI is InChI=1S/C13H16FNO4S/c1-15(10-4-2-3-5-10)20(18,19)12-8-9(13(16)17)6-7-11(12)14/h6-8,10H,2-5H2,1H3,(H,16,17). The lowest BCUT2D eigenvalue weighted by Crippen LogP contribution is -2.35. The molecule has 1 fully saturated rings. The van der Waals surface area contributed by atoms with Gasteiger partial charge in [0.2, 0.25) is 10.0 Å². The van der Waals surface area contributed by atoms with Crippen molar-refractivity contribution < 1.29 is 22.7 Å². The number of hydrogen-bond acceptors (Lipinski definition) is 3. The fraction of sp³-hybridized carbons (Fsp3) is 0.462. The van der Waals surface area contributed by atoms with Crippen molar-refractivity contribution in [2.24, 2.45) is 0 Å². The van der Waals surface area contributed by atoms with E-state index in [4.69, 9.17) is 5.11 Å². The van der Waals surface area contributed by atoms with Gasteiger partial charge in [-0.2, -0.15) is 4.31 Å². The number of carboxylic acid groups (broad SMARTS) is 1. The first-order valence-corrected chi connectivity index (χ1v) is 7.79. The van der Waals surface area contributed by atoms with Crippen LogP contribution in [-0.2, 0) is 10.0 Å². The lowest BCUT2D eigenvalue weighted by molar-refractivity contribution is 0.0696. The summed E-state index contributed by atoms with van der Waals surface area (Å²) in [5.41, 5.74) is -0.246. The molecule has 0 aliphatic heterocycles. The van der Waals surface area contributed by atoms with E-state index in [2.05, 4.69) is 0 Å². The molecule has 0 bridgehead atoms. The largest absolute Gasteiger partial charge is 0.478 e. The zero-order chi connectivity index (χ0) is 14.9. The van der Waals surface area contributed by atoms with Crippen molar-refractivity contribution in [3.8, 4) is 0 Å². The molecule has 1 aromatic rings. The summed E-state index contributed by atoms with van der Waals surface area (Å²) >= 11 is 0. The molecule has 0 saturated heterocycles. The number of carbonyl (C=O) groups is 1. The highest BCUT2D eigenvalue weighted by atomic mass is 32.2. The van der Waals surface area contributed by atoms with E-state index in [9.17, 15) is 17.6 Å². The van der Waals surface area contributed by atoms with Crippen molar-refractivity contribution in [1.82, 2.24) is 4.31 Å². The molecular weight excluding hydrogens is 285 g/mol. The van der Waals surface area contributed by atoms with Crippen molar-refractivity contribution in [3.05, 3.63) is 29.6 Å². The molecule has 0 radical (unpaired) electrons. The van der Waals surface area contributed by atoms with E-state index in [1.54, 1.807) is 0 Å². The Morgan fingerprint density at radius 3 is 2.50 bits per heavy atom. The van der Waals surface area contributed by atoms with Crippen LogP contribution < -0.4 is 0 Å². The van der Waals surface area contributed by atoms with E-state index in [0.29, 0.717) is 0 Å². The van der Waals surface area contributed by atoms with Crippen LogP contribution in [0, 0.1) is 5.82 Å². The van der Waals surface area contributed by atoms with E-state index in [-0.39, 0.29) is 11.6 Å². The van der Waals surface area contributed by atoms with Gasteiger partial charge in [-0.05, 0) is 31.0 Å². The summed E-state index contributed by atoms with van der Waals surface area (Å²) in [7, 11) is -2.60. The Morgan fingerprint density at radius 2 is 1.95 bits per heavy atom. The molecule has 2 rings (SSSR count). The Balaban J connectivity index is 2.42. The molecule has 1 aliphatic carbocycles. The molecule has 1 N–H and O–H groups in total. The predicted octanol–water partition coefficient (Wildman–Crippen LogP) is 2.09. The van der Waals surface area contributed by atoms with Gasteiger partial charge in [-0.25, -0.2) is 17.6 Å². The van der Waals surface area contributed by atoms with E-state index in [1.165, 1.54) is 7.05 Å². The molecule has 5 nitrogen and oxygen atoms in total. The minimum atomic E-state index is -4.01. The molecule has 0 atom stereocenters. The summed E-state index contributed by atoms with van der Waals surface area (Å²) in [6.45, 7) is 0.